The van der Waals surface area contributed by atoms with Gasteiger partial charge in [-0.1, -0.05) is 12.2 Å². The maximum Gasteiger partial charge on any atom is 0.248 e. The largest absolute Gasteiger partial charge is 0.346 e. The molecule has 0 aromatic carbocycles. The average molecular weight is 197 g/mol. The molecule has 1 atom stereocenters. The minimum Gasteiger partial charge on any atom is -0.346 e. The lowest BCUT2D eigenvalue weighted by molar-refractivity contribution is -0.117. The number of carbonyl (C=O) groups is 1. The normalized spacial score (nSPS) is 18.7. The fourth-order valence-corrected chi connectivity index (χ4v) is 1.97. The van der Waals surface area contributed by atoms with Gasteiger partial charge in [0.05, 0.1) is 0 Å². The van der Waals surface area contributed by atoms with Crippen molar-refractivity contribution in [2.45, 2.75) is 19.4 Å². The molecule has 1 amide bonds. The van der Waals surface area contributed by atoms with Gasteiger partial charge in [-0.3, -0.25) is 4.79 Å². The van der Waals surface area contributed by atoms with Crippen LogP contribution in [0.4, 0.5) is 0 Å². The van der Waals surface area contributed by atoms with Gasteiger partial charge in [-0.2, -0.15) is 11.8 Å². The number of hydrogen-bond acceptors (Lipinski definition) is 2. The topological polar surface area (TPSA) is 29.1 Å². The van der Waals surface area contributed by atoms with Crippen LogP contribution in [0.15, 0.2) is 24.3 Å². The van der Waals surface area contributed by atoms with Crippen LogP contribution >= 0.6 is 11.8 Å². The fourth-order valence-electron chi connectivity index (χ4n) is 1.07. The van der Waals surface area contributed by atoms with Gasteiger partial charge in [-0.25, -0.2) is 0 Å². The van der Waals surface area contributed by atoms with Crippen molar-refractivity contribution in [2.75, 3.05) is 11.5 Å². The summed E-state index contributed by atoms with van der Waals surface area (Å²) >= 11 is 1.81. The first-order valence-corrected chi connectivity index (χ1v) is 5.59. The molecular weight excluding hydrogens is 182 g/mol. The van der Waals surface area contributed by atoms with Crippen LogP contribution in [-0.4, -0.2) is 23.5 Å². The molecule has 1 heterocycles. The number of carbonyl (C=O) groups excluding carboxylic acids is 1. The van der Waals surface area contributed by atoms with Crippen molar-refractivity contribution in [1.82, 2.24) is 5.32 Å². The molecule has 0 aromatic heterocycles. The van der Waals surface area contributed by atoms with Crippen LogP contribution in [0.1, 0.15) is 13.3 Å². The van der Waals surface area contributed by atoms with Gasteiger partial charge in [0.25, 0.3) is 0 Å². The summed E-state index contributed by atoms with van der Waals surface area (Å²) in [6, 6.07) is 0.0559. The van der Waals surface area contributed by atoms with E-state index in [4.69, 9.17) is 0 Å². The highest BCUT2D eigenvalue weighted by atomic mass is 32.2. The van der Waals surface area contributed by atoms with E-state index in [-0.39, 0.29) is 11.9 Å². The first-order valence-electron chi connectivity index (χ1n) is 4.44. The molecule has 0 spiro atoms. The van der Waals surface area contributed by atoms with Crippen molar-refractivity contribution >= 4 is 17.7 Å². The minimum atomic E-state index is 0.0552. The van der Waals surface area contributed by atoms with E-state index in [1.54, 1.807) is 6.08 Å². The van der Waals surface area contributed by atoms with E-state index in [1.165, 1.54) is 0 Å². The first-order chi connectivity index (χ1) is 6.24. The molecule has 0 radical (unpaired) electrons. The summed E-state index contributed by atoms with van der Waals surface area (Å²) in [5.74, 6) is 2.03. The first kappa shape index (κ1) is 10.4. The summed E-state index contributed by atoms with van der Waals surface area (Å²) in [4.78, 5) is 11.5. The molecule has 1 aliphatic rings. The third kappa shape index (κ3) is 3.27. The molecule has 2 nitrogen and oxygen atoms in total. The van der Waals surface area contributed by atoms with Gasteiger partial charge in [0.15, 0.2) is 0 Å². The summed E-state index contributed by atoms with van der Waals surface area (Å²) in [7, 11) is 0. The third-order valence-corrected chi connectivity index (χ3v) is 2.95. The predicted octanol–water partition coefficient (Wildman–Crippen LogP) is 1.74. The van der Waals surface area contributed by atoms with Crippen LogP contribution in [0.3, 0.4) is 0 Å². The van der Waals surface area contributed by atoms with Crippen molar-refractivity contribution in [2.24, 2.45) is 0 Å². The van der Waals surface area contributed by atoms with Crippen molar-refractivity contribution in [3.05, 3.63) is 24.3 Å². The zero-order valence-corrected chi connectivity index (χ0v) is 8.69. The highest BCUT2D eigenvalue weighted by Crippen LogP contribution is 2.16. The molecule has 0 aromatic rings. The highest BCUT2D eigenvalue weighted by molar-refractivity contribution is 7.99. The second-order valence-corrected chi connectivity index (χ2v) is 4.17. The SMILES string of the molecule is C=CC(C)NC(=O)C1=CCCSC1. The van der Waals surface area contributed by atoms with Crippen LogP contribution < -0.4 is 5.32 Å². The van der Waals surface area contributed by atoms with Crippen LogP contribution in [-0.2, 0) is 4.79 Å². The van der Waals surface area contributed by atoms with E-state index in [1.807, 2.05) is 24.8 Å². The Morgan fingerprint density at radius 2 is 2.62 bits per heavy atom. The lowest BCUT2D eigenvalue weighted by atomic mass is 10.2. The number of nitrogens with one attached hydrogen (secondary N) is 1. The quantitative estimate of drug-likeness (QED) is 0.698. The summed E-state index contributed by atoms with van der Waals surface area (Å²) in [6.45, 7) is 5.54. The second kappa shape index (κ2) is 5.12. The van der Waals surface area contributed by atoms with Crippen LogP contribution in [0.5, 0.6) is 0 Å². The molecule has 0 saturated heterocycles. The van der Waals surface area contributed by atoms with Gasteiger partial charge in [0.1, 0.15) is 0 Å². The molecule has 13 heavy (non-hydrogen) atoms. The van der Waals surface area contributed by atoms with E-state index in [0.29, 0.717) is 0 Å². The molecule has 0 saturated carbocycles. The standard InChI is InChI=1S/C10H15NOS/c1-3-8(2)11-10(12)9-5-4-6-13-7-9/h3,5,8H,1,4,6-7H2,2H3,(H,11,12). The van der Waals surface area contributed by atoms with Gasteiger partial charge in [-0.05, 0) is 19.1 Å². The molecule has 0 aliphatic carbocycles. The number of hydrogen-bond donors (Lipinski definition) is 1. The monoisotopic (exact) mass is 197 g/mol. The summed E-state index contributed by atoms with van der Waals surface area (Å²) in [5, 5.41) is 2.86. The highest BCUT2D eigenvalue weighted by Gasteiger charge is 2.12. The van der Waals surface area contributed by atoms with Crippen molar-refractivity contribution in [1.29, 1.82) is 0 Å². The summed E-state index contributed by atoms with van der Waals surface area (Å²) in [6.07, 6.45) is 4.77. The predicted molar refractivity (Wildman–Crippen MR) is 57.8 cm³/mol. The van der Waals surface area contributed by atoms with Gasteiger partial charge in [0, 0.05) is 17.4 Å². The smallest absolute Gasteiger partial charge is 0.248 e. The summed E-state index contributed by atoms with van der Waals surface area (Å²) in [5.41, 5.74) is 0.907. The second-order valence-electron chi connectivity index (χ2n) is 3.07. The van der Waals surface area contributed by atoms with Crippen LogP contribution in [0.2, 0.25) is 0 Å². The maximum absolute atomic E-state index is 11.5. The Kier molecular flexibility index (Phi) is 4.09. The Hall–Kier alpha value is -0.700. The van der Waals surface area contributed by atoms with Gasteiger partial charge < -0.3 is 5.32 Å². The van der Waals surface area contributed by atoms with E-state index < -0.39 is 0 Å². The lowest BCUT2D eigenvalue weighted by Crippen LogP contribution is -2.33. The van der Waals surface area contributed by atoms with Crippen molar-refractivity contribution in [3.63, 3.8) is 0 Å². The molecule has 1 aliphatic heterocycles. The Bertz CT molecular complexity index is 235. The Balaban J connectivity index is 2.46. The zero-order chi connectivity index (χ0) is 9.68. The molecule has 72 valence electrons. The maximum atomic E-state index is 11.5. The molecule has 3 heteroatoms. The van der Waals surface area contributed by atoms with E-state index in [0.717, 1.165) is 23.5 Å². The van der Waals surface area contributed by atoms with Crippen molar-refractivity contribution < 1.29 is 4.79 Å². The molecule has 0 bridgehead atoms. The third-order valence-electron chi connectivity index (χ3n) is 1.91. The zero-order valence-electron chi connectivity index (χ0n) is 7.88. The Morgan fingerprint density at radius 1 is 1.85 bits per heavy atom. The Labute approximate surface area is 83.5 Å². The number of thioether (sulfide) groups is 1. The molecule has 0 fully saturated rings. The molecule has 1 rings (SSSR count). The minimum absolute atomic E-state index is 0.0552. The number of rotatable bonds is 3. The van der Waals surface area contributed by atoms with Crippen LogP contribution in [0, 0.1) is 0 Å². The fraction of sp³-hybridized carbons (Fsp3) is 0.500. The van der Waals surface area contributed by atoms with Crippen molar-refractivity contribution in [3.8, 4) is 0 Å². The number of allylic oxidation sites excluding steroid dienone is 1. The number of amides is 1. The summed E-state index contributed by atoms with van der Waals surface area (Å²) < 4.78 is 0. The van der Waals surface area contributed by atoms with Gasteiger partial charge in [-0.15, -0.1) is 6.58 Å². The van der Waals surface area contributed by atoms with E-state index in [9.17, 15) is 4.79 Å². The van der Waals surface area contributed by atoms with E-state index >= 15 is 0 Å². The van der Waals surface area contributed by atoms with E-state index in [2.05, 4.69) is 11.9 Å². The van der Waals surface area contributed by atoms with Crippen LogP contribution in [0.25, 0.3) is 0 Å². The molecule has 1 N–H and O–H groups in total. The lowest BCUT2D eigenvalue weighted by Gasteiger charge is -2.14. The average Bonchev–Trinajstić information content (AvgIpc) is 2.19. The molecular formula is C10H15NOS. The molecule has 1 unspecified atom stereocenters. The van der Waals surface area contributed by atoms with Gasteiger partial charge >= 0.3 is 0 Å². The Morgan fingerprint density at radius 3 is 3.15 bits per heavy atom. The van der Waals surface area contributed by atoms with Gasteiger partial charge in [0.2, 0.25) is 5.91 Å².